The smallest absolute Gasteiger partial charge is 0.262 e. The minimum Gasteiger partial charge on any atom is -0.505 e. The summed E-state index contributed by atoms with van der Waals surface area (Å²) in [5.41, 5.74) is -0.345. The van der Waals surface area contributed by atoms with Crippen molar-refractivity contribution in [2.24, 2.45) is 10.4 Å². The maximum atomic E-state index is 13.9. The lowest BCUT2D eigenvalue weighted by molar-refractivity contribution is 0.0972. The molecular formula is C20H20FN5O3. The second kappa shape index (κ2) is 7.75. The standard InChI is InChI=1S/C20H20FN5O3/c1-20(2)9-24-19(25-10-20)26-18(28)17-14(27)8-23-13(7-22)16(17)12-6-11(21)4-5-15(12)29-3/h4-6,8,27H,9-10H2,1-3H3,(H2,24,25,26,28). The molecule has 0 bridgehead atoms. The molecule has 0 aliphatic carbocycles. The minimum atomic E-state index is -0.714. The number of nitrogens with one attached hydrogen (secondary N) is 2. The van der Waals surface area contributed by atoms with Gasteiger partial charge in [0.25, 0.3) is 5.91 Å². The van der Waals surface area contributed by atoms with Gasteiger partial charge in [0.05, 0.1) is 18.9 Å². The lowest BCUT2D eigenvalue weighted by Gasteiger charge is -2.29. The fourth-order valence-electron chi connectivity index (χ4n) is 2.94. The van der Waals surface area contributed by atoms with Gasteiger partial charge >= 0.3 is 0 Å². The molecule has 8 nitrogen and oxygen atoms in total. The quantitative estimate of drug-likeness (QED) is 0.730. The molecular weight excluding hydrogens is 377 g/mol. The molecule has 9 heteroatoms. The normalized spacial score (nSPS) is 14.9. The molecule has 1 aliphatic rings. The summed E-state index contributed by atoms with van der Waals surface area (Å²) in [6, 6.07) is 5.55. The van der Waals surface area contributed by atoms with Gasteiger partial charge in [-0.2, -0.15) is 5.26 Å². The number of nitrogens with zero attached hydrogens (tertiary/aromatic N) is 3. The molecule has 0 spiro atoms. The van der Waals surface area contributed by atoms with Gasteiger partial charge in [-0.1, -0.05) is 13.8 Å². The number of hydrogen-bond donors (Lipinski definition) is 3. The Labute approximate surface area is 167 Å². The van der Waals surface area contributed by atoms with E-state index >= 15 is 0 Å². The van der Waals surface area contributed by atoms with Crippen molar-refractivity contribution in [1.82, 2.24) is 15.6 Å². The van der Waals surface area contributed by atoms with Crippen molar-refractivity contribution < 1.29 is 19.0 Å². The van der Waals surface area contributed by atoms with Crippen LogP contribution in [-0.2, 0) is 0 Å². The van der Waals surface area contributed by atoms with Gasteiger partial charge in [-0.15, -0.1) is 0 Å². The van der Waals surface area contributed by atoms with E-state index in [1.807, 2.05) is 19.9 Å². The SMILES string of the molecule is COc1ccc(F)cc1-c1c(C#N)ncc(O)c1C(=O)NC1=NCC(C)(C)CN1. The number of benzene rings is 1. The monoisotopic (exact) mass is 397 g/mol. The van der Waals surface area contributed by atoms with Crippen molar-refractivity contribution in [1.29, 1.82) is 5.26 Å². The highest BCUT2D eigenvalue weighted by Crippen LogP contribution is 2.38. The number of nitriles is 1. The first-order valence-corrected chi connectivity index (χ1v) is 8.81. The van der Waals surface area contributed by atoms with Crippen LogP contribution in [0, 0.1) is 22.6 Å². The summed E-state index contributed by atoms with van der Waals surface area (Å²) in [4.78, 5) is 21.1. The molecule has 0 atom stereocenters. The maximum Gasteiger partial charge on any atom is 0.262 e. The lowest BCUT2D eigenvalue weighted by atomic mass is 9.93. The molecule has 0 saturated heterocycles. The summed E-state index contributed by atoms with van der Waals surface area (Å²) in [5.74, 6) is -1.30. The Bertz CT molecular complexity index is 1040. The van der Waals surface area contributed by atoms with E-state index in [4.69, 9.17) is 4.74 Å². The topological polar surface area (TPSA) is 120 Å². The summed E-state index contributed by atoms with van der Waals surface area (Å²) in [7, 11) is 1.38. The van der Waals surface area contributed by atoms with Crippen LogP contribution < -0.4 is 15.4 Å². The Morgan fingerprint density at radius 3 is 2.83 bits per heavy atom. The number of aliphatic imine (C=N–C) groups is 1. The summed E-state index contributed by atoms with van der Waals surface area (Å²) in [6.45, 7) is 5.17. The van der Waals surface area contributed by atoms with Gasteiger partial charge in [-0.3, -0.25) is 15.1 Å². The lowest BCUT2D eigenvalue weighted by Crippen LogP contribution is -2.49. The van der Waals surface area contributed by atoms with E-state index in [1.54, 1.807) is 0 Å². The molecule has 1 amide bonds. The molecule has 0 saturated carbocycles. The van der Waals surface area contributed by atoms with E-state index in [0.717, 1.165) is 12.3 Å². The summed E-state index contributed by atoms with van der Waals surface area (Å²) < 4.78 is 19.2. The number of aromatic nitrogens is 1. The zero-order valence-corrected chi connectivity index (χ0v) is 16.2. The molecule has 2 aromatic rings. The van der Waals surface area contributed by atoms with Crippen LogP contribution in [0.15, 0.2) is 29.4 Å². The molecule has 1 aromatic heterocycles. The first-order valence-electron chi connectivity index (χ1n) is 8.81. The largest absolute Gasteiger partial charge is 0.505 e. The van der Waals surface area contributed by atoms with Crippen molar-refractivity contribution in [3.63, 3.8) is 0 Å². The Balaban J connectivity index is 2.11. The highest BCUT2D eigenvalue weighted by atomic mass is 19.1. The predicted molar refractivity (Wildman–Crippen MR) is 104 cm³/mol. The number of ether oxygens (including phenoxy) is 1. The Morgan fingerprint density at radius 2 is 2.21 bits per heavy atom. The number of carbonyl (C=O) groups is 1. The number of halogens is 1. The van der Waals surface area contributed by atoms with Crippen LogP contribution in [0.25, 0.3) is 11.1 Å². The van der Waals surface area contributed by atoms with Gasteiger partial charge in [0.2, 0.25) is 0 Å². The first-order chi connectivity index (χ1) is 13.8. The van der Waals surface area contributed by atoms with Crippen molar-refractivity contribution in [2.45, 2.75) is 13.8 Å². The highest BCUT2D eigenvalue weighted by Gasteiger charge is 2.28. The van der Waals surface area contributed by atoms with Crippen molar-refractivity contribution in [3.8, 4) is 28.7 Å². The zero-order valence-electron chi connectivity index (χ0n) is 16.2. The maximum absolute atomic E-state index is 13.9. The van der Waals surface area contributed by atoms with E-state index in [0.29, 0.717) is 13.1 Å². The van der Waals surface area contributed by atoms with Gasteiger partial charge in [0.15, 0.2) is 5.96 Å². The number of carbonyl (C=O) groups excluding carboxylic acids is 1. The molecule has 2 heterocycles. The fraction of sp³-hybridized carbons (Fsp3) is 0.300. The van der Waals surface area contributed by atoms with Crippen LogP contribution in [0.1, 0.15) is 29.9 Å². The molecule has 0 unspecified atom stereocenters. The number of guanidine groups is 1. The van der Waals surface area contributed by atoms with E-state index in [-0.39, 0.29) is 39.5 Å². The molecule has 0 fully saturated rings. The Hall–Kier alpha value is -3.67. The van der Waals surface area contributed by atoms with Gasteiger partial charge in [-0.25, -0.2) is 9.37 Å². The van der Waals surface area contributed by atoms with Crippen LogP contribution >= 0.6 is 0 Å². The van der Waals surface area contributed by atoms with Gasteiger partial charge in [0.1, 0.15) is 29.1 Å². The number of aromatic hydroxyl groups is 1. The van der Waals surface area contributed by atoms with Gasteiger partial charge in [0, 0.05) is 29.6 Å². The molecule has 29 heavy (non-hydrogen) atoms. The summed E-state index contributed by atoms with van der Waals surface area (Å²) in [6.07, 6.45) is 1.00. The number of methoxy groups -OCH3 is 1. The number of hydrogen-bond acceptors (Lipinski definition) is 7. The average Bonchev–Trinajstić information content (AvgIpc) is 2.69. The van der Waals surface area contributed by atoms with Crippen LogP contribution in [0.2, 0.25) is 0 Å². The molecule has 1 aromatic carbocycles. The predicted octanol–water partition coefficient (Wildman–Crippen LogP) is 2.19. The average molecular weight is 397 g/mol. The highest BCUT2D eigenvalue weighted by molar-refractivity contribution is 6.11. The third kappa shape index (κ3) is 4.11. The summed E-state index contributed by atoms with van der Waals surface area (Å²) >= 11 is 0. The van der Waals surface area contributed by atoms with E-state index in [9.17, 15) is 19.6 Å². The van der Waals surface area contributed by atoms with Gasteiger partial charge in [-0.05, 0) is 18.2 Å². The summed E-state index contributed by atoms with van der Waals surface area (Å²) in [5, 5.41) is 25.5. The van der Waals surface area contributed by atoms with E-state index in [2.05, 4.69) is 20.6 Å². The third-order valence-corrected chi connectivity index (χ3v) is 4.45. The molecule has 3 N–H and O–H groups in total. The zero-order chi connectivity index (χ0) is 21.2. The number of pyridine rings is 1. The molecule has 1 aliphatic heterocycles. The van der Waals surface area contributed by atoms with Crippen LogP contribution in [0.4, 0.5) is 4.39 Å². The second-order valence-electron chi connectivity index (χ2n) is 7.34. The molecule has 0 radical (unpaired) electrons. The van der Waals surface area contributed by atoms with Crippen molar-refractivity contribution in [3.05, 3.63) is 41.5 Å². The number of amides is 1. The minimum absolute atomic E-state index is 0.0295. The third-order valence-electron chi connectivity index (χ3n) is 4.45. The van der Waals surface area contributed by atoms with Gasteiger partial charge < -0.3 is 15.2 Å². The van der Waals surface area contributed by atoms with Crippen LogP contribution in [0.3, 0.4) is 0 Å². The van der Waals surface area contributed by atoms with Crippen molar-refractivity contribution in [2.75, 3.05) is 20.2 Å². The Morgan fingerprint density at radius 1 is 1.45 bits per heavy atom. The van der Waals surface area contributed by atoms with Crippen LogP contribution in [-0.4, -0.2) is 42.2 Å². The first kappa shape index (κ1) is 20.1. The molecule has 150 valence electrons. The van der Waals surface area contributed by atoms with E-state index in [1.165, 1.54) is 19.2 Å². The fourth-order valence-corrected chi connectivity index (χ4v) is 2.94. The number of rotatable bonds is 3. The molecule has 3 rings (SSSR count). The second-order valence-corrected chi connectivity index (χ2v) is 7.34. The van der Waals surface area contributed by atoms with Crippen LogP contribution in [0.5, 0.6) is 11.5 Å². The Kier molecular flexibility index (Phi) is 5.37. The van der Waals surface area contributed by atoms with E-state index < -0.39 is 17.5 Å². The van der Waals surface area contributed by atoms with Crippen molar-refractivity contribution >= 4 is 11.9 Å².